The molecule has 2 nitrogen and oxygen atoms in total. The third-order valence-electron chi connectivity index (χ3n) is 3.73. The first-order chi connectivity index (χ1) is 7.70. The Labute approximate surface area is 102 Å². The second kappa shape index (κ2) is 5.30. The first kappa shape index (κ1) is 12.1. The van der Waals surface area contributed by atoms with E-state index in [1.54, 1.807) is 4.88 Å². The molecule has 0 spiro atoms. The molecule has 0 fully saturated rings. The minimum absolute atomic E-state index is 0.324. The fourth-order valence-electron chi connectivity index (χ4n) is 2.24. The van der Waals surface area contributed by atoms with E-state index in [-0.39, 0.29) is 0 Å². The van der Waals surface area contributed by atoms with Crippen molar-refractivity contribution in [2.24, 2.45) is 11.7 Å². The molecule has 0 radical (unpaired) electrons. The molecule has 1 aromatic rings. The van der Waals surface area contributed by atoms with E-state index in [0.29, 0.717) is 12.0 Å². The lowest BCUT2D eigenvalue weighted by Gasteiger charge is -2.31. The summed E-state index contributed by atoms with van der Waals surface area (Å²) in [6.45, 7) is 7.80. The molecule has 0 amide bonds. The Morgan fingerprint density at radius 2 is 2.38 bits per heavy atom. The fourth-order valence-corrected chi connectivity index (χ4v) is 3.13. The SMILES string of the molecule is CCC(C)C(N)CN1CCc2sccc2C1. The molecule has 0 aliphatic carbocycles. The molecule has 90 valence electrons. The van der Waals surface area contributed by atoms with Crippen molar-refractivity contribution in [2.45, 2.75) is 39.3 Å². The monoisotopic (exact) mass is 238 g/mol. The van der Waals surface area contributed by atoms with Crippen molar-refractivity contribution in [2.75, 3.05) is 13.1 Å². The van der Waals surface area contributed by atoms with Gasteiger partial charge < -0.3 is 5.73 Å². The van der Waals surface area contributed by atoms with Gasteiger partial charge in [0.1, 0.15) is 0 Å². The highest BCUT2D eigenvalue weighted by molar-refractivity contribution is 7.10. The zero-order valence-corrected chi connectivity index (χ0v) is 11.1. The van der Waals surface area contributed by atoms with Gasteiger partial charge in [-0.15, -0.1) is 11.3 Å². The lowest BCUT2D eigenvalue weighted by Crippen LogP contribution is -2.43. The Balaban J connectivity index is 1.89. The number of rotatable bonds is 4. The van der Waals surface area contributed by atoms with Crippen LogP contribution in [0.3, 0.4) is 0 Å². The number of hydrogen-bond donors (Lipinski definition) is 1. The normalized spacial score (nSPS) is 20.4. The molecule has 2 unspecified atom stereocenters. The van der Waals surface area contributed by atoms with Crippen molar-refractivity contribution in [1.82, 2.24) is 4.90 Å². The number of fused-ring (bicyclic) bond motifs is 1. The smallest absolute Gasteiger partial charge is 0.0245 e. The second-order valence-electron chi connectivity index (χ2n) is 4.90. The van der Waals surface area contributed by atoms with E-state index < -0.39 is 0 Å². The molecule has 1 aromatic heterocycles. The van der Waals surface area contributed by atoms with Gasteiger partial charge in [-0.25, -0.2) is 0 Å². The van der Waals surface area contributed by atoms with Crippen LogP contribution in [0.5, 0.6) is 0 Å². The molecular formula is C13H22N2S. The van der Waals surface area contributed by atoms with Gasteiger partial charge in [0.2, 0.25) is 0 Å². The van der Waals surface area contributed by atoms with Gasteiger partial charge in [0.25, 0.3) is 0 Å². The Morgan fingerprint density at radius 3 is 3.12 bits per heavy atom. The summed E-state index contributed by atoms with van der Waals surface area (Å²) in [5.41, 5.74) is 7.74. The van der Waals surface area contributed by atoms with Crippen LogP contribution in [-0.4, -0.2) is 24.0 Å². The van der Waals surface area contributed by atoms with Crippen LogP contribution in [0.1, 0.15) is 30.7 Å². The van der Waals surface area contributed by atoms with Crippen molar-refractivity contribution >= 4 is 11.3 Å². The molecule has 2 heterocycles. The van der Waals surface area contributed by atoms with Gasteiger partial charge in [0, 0.05) is 30.6 Å². The average molecular weight is 238 g/mol. The van der Waals surface area contributed by atoms with Crippen LogP contribution >= 0.6 is 11.3 Å². The Morgan fingerprint density at radius 1 is 1.56 bits per heavy atom. The highest BCUT2D eigenvalue weighted by atomic mass is 32.1. The lowest BCUT2D eigenvalue weighted by atomic mass is 9.98. The van der Waals surface area contributed by atoms with E-state index in [9.17, 15) is 0 Å². The van der Waals surface area contributed by atoms with E-state index in [0.717, 1.165) is 13.1 Å². The zero-order valence-electron chi connectivity index (χ0n) is 10.3. The minimum atomic E-state index is 0.324. The highest BCUT2D eigenvalue weighted by Gasteiger charge is 2.20. The highest BCUT2D eigenvalue weighted by Crippen LogP contribution is 2.24. The number of hydrogen-bond acceptors (Lipinski definition) is 3. The maximum Gasteiger partial charge on any atom is 0.0245 e. The van der Waals surface area contributed by atoms with Crippen LogP contribution in [0.15, 0.2) is 11.4 Å². The summed E-state index contributed by atoms with van der Waals surface area (Å²) in [6, 6.07) is 2.59. The molecule has 0 saturated heterocycles. The van der Waals surface area contributed by atoms with Crippen LogP contribution in [-0.2, 0) is 13.0 Å². The molecule has 1 aliphatic rings. The Kier molecular flexibility index (Phi) is 4.00. The Hall–Kier alpha value is -0.380. The van der Waals surface area contributed by atoms with E-state index >= 15 is 0 Å². The second-order valence-corrected chi connectivity index (χ2v) is 5.90. The van der Waals surface area contributed by atoms with Gasteiger partial charge in [0.05, 0.1) is 0 Å². The third-order valence-corrected chi connectivity index (χ3v) is 4.75. The molecule has 0 bridgehead atoms. The largest absolute Gasteiger partial charge is 0.326 e. The lowest BCUT2D eigenvalue weighted by molar-refractivity contribution is 0.217. The van der Waals surface area contributed by atoms with Crippen molar-refractivity contribution in [3.63, 3.8) is 0 Å². The topological polar surface area (TPSA) is 29.3 Å². The van der Waals surface area contributed by atoms with Crippen molar-refractivity contribution in [3.05, 3.63) is 21.9 Å². The van der Waals surface area contributed by atoms with Crippen LogP contribution in [0.25, 0.3) is 0 Å². The summed E-state index contributed by atoms with van der Waals surface area (Å²) in [4.78, 5) is 4.08. The van der Waals surface area contributed by atoms with E-state index in [2.05, 4.69) is 30.2 Å². The van der Waals surface area contributed by atoms with Crippen LogP contribution in [0, 0.1) is 5.92 Å². The molecule has 3 heteroatoms. The summed E-state index contributed by atoms with van der Waals surface area (Å²) >= 11 is 1.90. The number of nitrogens with zero attached hydrogens (tertiary/aromatic N) is 1. The van der Waals surface area contributed by atoms with E-state index in [1.807, 2.05) is 11.3 Å². The summed E-state index contributed by atoms with van der Waals surface area (Å²) in [6.07, 6.45) is 2.39. The summed E-state index contributed by atoms with van der Waals surface area (Å²) < 4.78 is 0. The van der Waals surface area contributed by atoms with Crippen molar-refractivity contribution in [3.8, 4) is 0 Å². The van der Waals surface area contributed by atoms with Crippen LogP contribution in [0.2, 0.25) is 0 Å². The standard InChI is InChI=1S/C13H22N2S/c1-3-10(2)12(14)9-15-6-4-13-11(8-15)5-7-16-13/h5,7,10,12H,3-4,6,8-9,14H2,1-2H3. The quantitative estimate of drug-likeness (QED) is 0.873. The zero-order chi connectivity index (χ0) is 11.5. The molecular weight excluding hydrogens is 216 g/mol. The first-order valence-corrected chi connectivity index (χ1v) is 7.11. The molecule has 16 heavy (non-hydrogen) atoms. The van der Waals surface area contributed by atoms with Crippen LogP contribution < -0.4 is 5.73 Å². The van der Waals surface area contributed by atoms with Gasteiger partial charge in [-0.2, -0.15) is 0 Å². The summed E-state index contributed by atoms with van der Waals surface area (Å²) in [5.74, 6) is 0.629. The van der Waals surface area contributed by atoms with Gasteiger partial charge in [-0.1, -0.05) is 20.3 Å². The summed E-state index contributed by atoms with van der Waals surface area (Å²) in [5, 5.41) is 2.21. The van der Waals surface area contributed by atoms with Crippen molar-refractivity contribution in [1.29, 1.82) is 0 Å². The average Bonchev–Trinajstić information content (AvgIpc) is 2.75. The van der Waals surface area contributed by atoms with Gasteiger partial charge >= 0.3 is 0 Å². The van der Waals surface area contributed by atoms with Gasteiger partial charge in [0.15, 0.2) is 0 Å². The van der Waals surface area contributed by atoms with Crippen LogP contribution in [0.4, 0.5) is 0 Å². The van der Waals surface area contributed by atoms with Gasteiger partial charge in [-0.3, -0.25) is 4.90 Å². The predicted octanol–water partition coefficient (Wildman–Crippen LogP) is 2.48. The molecule has 0 saturated carbocycles. The maximum absolute atomic E-state index is 6.21. The van der Waals surface area contributed by atoms with Crippen molar-refractivity contribution < 1.29 is 0 Å². The van der Waals surface area contributed by atoms with E-state index in [1.165, 1.54) is 24.9 Å². The third kappa shape index (κ3) is 2.65. The van der Waals surface area contributed by atoms with Gasteiger partial charge in [-0.05, 0) is 29.3 Å². The molecule has 1 aliphatic heterocycles. The molecule has 2 N–H and O–H groups in total. The van der Waals surface area contributed by atoms with E-state index in [4.69, 9.17) is 5.73 Å². The predicted molar refractivity (Wildman–Crippen MR) is 70.7 cm³/mol. The Bertz CT molecular complexity index is 334. The minimum Gasteiger partial charge on any atom is -0.326 e. The summed E-state index contributed by atoms with van der Waals surface area (Å²) in [7, 11) is 0. The molecule has 2 rings (SSSR count). The fraction of sp³-hybridized carbons (Fsp3) is 0.692. The molecule has 2 atom stereocenters. The maximum atomic E-state index is 6.21. The number of thiophene rings is 1. The first-order valence-electron chi connectivity index (χ1n) is 6.24. The molecule has 0 aromatic carbocycles. The number of nitrogens with two attached hydrogens (primary N) is 1.